The van der Waals surface area contributed by atoms with Crippen molar-refractivity contribution in [1.82, 2.24) is 4.98 Å². The lowest BCUT2D eigenvalue weighted by atomic mass is 10.2. The van der Waals surface area contributed by atoms with Gasteiger partial charge < -0.3 is 4.74 Å². The molecule has 1 aromatic carbocycles. The molecule has 0 spiro atoms. The summed E-state index contributed by atoms with van der Waals surface area (Å²) in [4.78, 5) is 4.34. The minimum Gasteiger partial charge on any atom is -0.486 e. The number of hydrogen-bond acceptors (Lipinski definition) is 3. The molecule has 0 saturated carbocycles. The third-order valence-corrected chi connectivity index (χ3v) is 2.99. The largest absolute Gasteiger partial charge is 0.486 e. The van der Waals surface area contributed by atoms with Crippen molar-refractivity contribution in [3.8, 4) is 5.75 Å². The van der Waals surface area contributed by atoms with Gasteiger partial charge in [0.05, 0.1) is 0 Å². The van der Waals surface area contributed by atoms with E-state index in [1.54, 1.807) is 11.3 Å². The van der Waals surface area contributed by atoms with E-state index in [9.17, 15) is 0 Å². The zero-order valence-electron chi connectivity index (χ0n) is 8.86. The molecule has 0 N–H and O–H groups in total. The average molecular weight is 219 g/mol. The molecule has 0 fully saturated rings. The second kappa shape index (κ2) is 4.45. The van der Waals surface area contributed by atoms with Gasteiger partial charge in [0.2, 0.25) is 0 Å². The fourth-order valence-electron chi connectivity index (χ4n) is 1.25. The van der Waals surface area contributed by atoms with E-state index < -0.39 is 0 Å². The Kier molecular flexibility index (Phi) is 3.02. The highest BCUT2D eigenvalue weighted by atomic mass is 32.1. The normalized spacial score (nSPS) is 10.3. The molecule has 1 heterocycles. The summed E-state index contributed by atoms with van der Waals surface area (Å²) in [6, 6.07) is 8.05. The molecular weight excluding hydrogens is 206 g/mol. The van der Waals surface area contributed by atoms with Gasteiger partial charge in [0.15, 0.2) is 0 Å². The van der Waals surface area contributed by atoms with Crippen LogP contribution in [0.15, 0.2) is 29.6 Å². The minimum atomic E-state index is 0.557. The lowest BCUT2D eigenvalue weighted by molar-refractivity contribution is 0.305. The fraction of sp³-hybridized carbons (Fsp3) is 0.250. The van der Waals surface area contributed by atoms with E-state index >= 15 is 0 Å². The quantitative estimate of drug-likeness (QED) is 0.790. The molecule has 15 heavy (non-hydrogen) atoms. The predicted molar refractivity (Wildman–Crippen MR) is 62.4 cm³/mol. The van der Waals surface area contributed by atoms with E-state index in [1.807, 2.05) is 36.6 Å². The Labute approximate surface area is 93.6 Å². The molecule has 0 amide bonds. The fourth-order valence-corrected chi connectivity index (χ4v) is 1.93. The molecule has 0 aliphatic heterocycles. The molecular formula is C12H13NOS. The number of nitrogens with zero attached hydrogens (tertiary/aromatic N) is 1. The van der Waals surface area contributed by atoms with Crippen LogP contribution in [0.5, 0.6) is 5.75 Å². The molecule has 0 radical (unpaired) electrons. The van der Waals surface area contributed by atoms with Crippen LogP contribution in [0.25, 0.3) is 0 Å². The summed E-state index contributed by atoms with van der Waals surface area (Å²) in [5.41, 5.74) is 2.30. The molecule has 2 rings (SSSR count). The number of thiazole rings is 1. The molecule has 78 valence electrons. The van der Waals surface area contributed by atoms with Crippen LogP contribution in [0.4, 0.5) is 0 Å². The lowest BCUT2D eigenvalue weighted by Gasteiger charge is -2.03. The van der Waals surface area contributed by atoms with Gasteiger partial charge in [0.25, 0.3) is 0 Å². The van der Waals surface area contributed by atoms with Crippen molar-refractivity contribution in [2.45, 2.75) is 20.5 Å². The van der Waals surface area contributed by atoms with E-state index in [-0.39, 0.29) is 0 Å². The first-order chi connectivity index (χ1) is 7.24. The average Bonchev–Trinajstić information content (AvgIpc) is 2.64. The number of aromatic nitrogens is 1. The number of aryl methyl sites for hydroxylation is 2. The number of hydrogen-bond donors (Lipinski definition) is 0. The van der Waals surface area contributed by atoms with Crippen LogP contribution in [0.1, 0.15) is 16.3 Å². The van der Waals surface area contributed by atoms with Crippen molar-refractivity contribution in [3.05, 3.63) is 45.9 Å². The highest BCUT2D eigenvalue weighted by molar-refractivity contribution is 7.09. The first kappa shape index (κ1) is 10.2. The number of benzene rings is 1. The smallest absolute Gasteiger partial charge is 0.140 e. The molecule has 2 nitrogen and oxygen atoms in total. The SMILES string of the molecule is Cc1ccc(OCc2nc(C)cs2)cc1. The summed E-state index contributed by atoms with van der Waals surface area (Å²) in [7, 11) is 0. The van der Waals surface area contributed by atoms with Gasteiger partial charge in [-0.1, -0.05) is 17.7 Å². The Morgan fingerprint density at radius 2 is 1.93 bits per heavy atom. The summed E-state index contributed by atoms with van der Waals surface area (Å²) in [5.74, 6) is 0.897. The van der Waals surface area contributed by atoms with E-state index in [4.69, 9.17) is 4.74 Å². The van der Waals surface area contributed by atoms with Gasteiger partial charge in [-0.3, -0.25) is 0 Å². The summed E-state index contributed by atoms with van der Waals surface area (Å²) in [5, 5.41) is 3.06. The molecule has 1 aromatic heterocycles. The standard InChI is InChI=1S/C12H13NOS/c1-9-3-5-11(6-4-9)14-7-12-13-10(2)8-15-12/h3-6,8H,7H2,1-2H3. The summed E-state index contributed by atoms with van der Waals surface area (Å²) >= 11 is 1.64. The van der Waals surface area contributed by atoms with Crippen LogP contribution < -0.4 is 4.74 Å². The number of rotatable bonds is 3. The monoisotopic (exact) mass is 219 g/mol. The Hall–Kier alpha value is -1.35. The first-order valence-corrected chi connectivity index (χ1v) is 5.72. The topological polar surface area (TPSA) is 22.1 Å². The molecule has 0 unspecified atom stereocenters. The van der Waals surface area contributed by atoms with Gasteiger partial charge >= 0.3 is 0 Å². The van der Waals surface area contributed by atoms with E-state index in [2.05, 4.69) is 11.9 Å². The number of ether oxygens (including phenoxy) is 1. The summed E-state index contributed by atoms with van der Waals surface area (Å²) < 4.78 is 5.61. The maximum atomic E-state index is 5.61. The van der Waals surface area contributed by atoms with Gasteiger partial charge in [-0.15, -0.1) is 11.3 Å². The summed E-state index contributed by atoms with van der Waals surface area (Å²) in [6.45, 7) is 4.61. The lowest BCUT2D eigenvalue weighted by Crippen LogP contribution is -1.94. The molecule has 0 saturated heterocycles. The van der Waals surface area contributed by atoms with Gasteiger partial charge in [-0.25, -0.2) is 4.98 Å². The van der Waals surface area contributed by atoms with E-state index in [0.29, 0.717) is 6.61 Å². The van der Waals surface area contributed by atoms with Crippen LogP contribution in [-0.2, 0) is 6.61 Å². The highest BCUT2D eigenvalue weighted by Gasteiger charge is 1.99. The van der Waals surface area contributed by atoms with E-state index in [1.165, 1.54) is 5.56 Å². The highest BCUT2D eigenvalue weighted by Crippen LogP contribution is 2.15. The predicted octanol–water partition coefficient (Wildman–Crippen LogP) is 3.34. The zero-order chi connectivity index (χ0) is 10.7. The van der Waals surface area contributed by atoms with Gasteiger partial charge in [0, 0.05) is 11.1 Å². The molecule has 3 heteroatoms. The Morgan fingerprint density at radius 1 is 1.20 bits per heavy atom. The van der Waals surface area contributed by atoms with E-state index in [0.717, 1.165) is 16.5 Å². The molecule has 0 bridgehead atoms. The van der Waals surface area contributed by atoms with Crippen molar-refractivity contribution >= 4 is 11.3 Å². The second-order valence-electron chi connectivity index (χ2n) is 3.48. The van der Waals surface area contributed by atoms with Gasteiger partial charge in [-0.05, 0) is 26.0 Å². The maximum Gasteiger partial charge on any atom is 0.140 e. The van der Waals surface area contributed by atoms with Crippen LogP contribution in [0, 0.1) is 13.8 Å². The van der Waals surface area contributed by atoms with Gasteiger partial charge in [-0.2, -0.15) is 0 Å². The van der Waals surface area contributed by atoms with Crippen LogP contribution in [-0.4, -0.2) is 4.98 Å². The molecule has 0 aliphatic carbocycles. The Morgan fingerprint density at radius 3 is 2.53 bits per heavy atom. The van der Waals surface area contributed by atoms with Crippen molar-refractivity contribution in [1.29, 1.82) is 0 Å². The maximum absolute atomic E-state index is 5.61. The zero-order valence-corrected chi connectivity index (χ0v) is 9.67. The second-order valence-corrected chi connectivity index (χ2v) is 4.43. The van der Waals surface area contributed by atoms with Gasteiger partial charge in [0.1, 0.15) is 17.4 Å². The summed E-state index contributed by atoms with van der Waals surface area (Å²) in [6.07, 6.45) is 0. The van der Waals surface area contributed by atoms with Crippen LogP contribution in [0.2, 0.25) is 0 Å². The van der Waals surface area contributed by atoms with Crippen LogP contribution >= 0.6 is 11.3 Å². The molecule has 0 aliphatic rings. The van der Waals surface area contributed by atoms with Crippen molar-refractivity contribution in [3.63, 3.8) is 0 Å². The van der Waals surface area contributed by atoms with Crippen molar-refractivity contribution in [2.24, 2.45) is 0 Å². The third kappa shape index (κ3) is 2.80. The first-order valence-electron chi connectivity index (χ1n) is 4.84. The van der Waals surface area contributed by atoms with Crippen molar-refractivity contribution < 1.29 is 4.74 Å². The molecule has 2 aromatic rings. The Bertz CT molecular complexity index is 433. The minimum absolute atomic E-state index is 0.557. The third-order valence-electron chi connectivity index (χ3n) is 2.05. The molecule has 0 atom stereocenters. The Balaban J connectivity index is 1.96. The van der Waals surface area contributed by atoms with Crippen molar-refractivity contribution in [2.75, 3.05) is 0 Å². The van der Waals surface area contributed by atoms with Crippen LogP contribution in [0.3, 0.4) is 0 Å².